The molecule has 0 saturated carbocycles. The zero-order chi connectivity index (χ0) is 10.3. The first-order chi connectivity index (χ1) is 6.24. The lowest BCUT2D eigenvalue weighted by atomic mass is 9.94. The van der Waals surface area contributed by atoms with E-state index in [9.17, 15) is 0 Å². The number of ether oxygens (including phenoxy) is 2. The normalized spacial score (nSPS) is 14.1. The van der Waals surface area contributed by atoms with E-state index < -0.39 is 0 Å². The van der Waals surface area contributed by atoms with Gasteiger partial charge in [0.05, 0.1) is 6.04 Å². The van der Waals surface area contributed by atoms with Crippen LogP contribution in [-0.2, 0) is 9.47 Å². The molecule has 0 aliphatic carbocycles. The van der Waals surface area contributed by atoms with Gasteiger partial charge in [0.25, 0.3) is 0 Å². The minimum Gasteiger partial charge on any atom is -0.354 e. The lowest BCUT2D eigenvalue weighted by Gasteiger charge is -2.30. The highest BCUT2D eigenvalue weighted by Gasteiger charge is 2.25. The van der Waals surface area contributed by atoms with Gasteiger partial charge in [-0.05, 0) is 13.0 Å². The molecule has 13 heavy (non-hydrogen) atoms. The number of rotatable bonds is 7. The summed E-state index contributed by atoms with van der Waals surface area (Å²) in [5.41, 5.74) is 0. The SMILES string of the molecule is CCC(CC)C(NC)C(OC)OC. The first-order valence-electron chi connectivity index (χ1n) is 4.97. The number of likely N-dealkylation sites (N-methyl/N-ethyl adjacent to an activating group) is 1. The second-order valence-corrected chi connectivity index (χ2v) is 3.23. The Morgan fingerprint density at radius 3 is 1.77 bits per heavy atom. The molecule has 0 bridgehead atoms. The van der Waals surface area contributed by atoms with Crippen molar-refractivity contribution in [1.82, 2.24) is 5.32 Å². The second-order valence-electron chi connectivity index (χ2n) is 3.23. The van der Waals surface area contributed by atoms with Crippen molar-refractivity contribution in [2.45, 2.75) is 39.0 Å². The maximum absolute atomic E-state index is 5.25. The maximum Gasteiger partial charge on any atom is 0.172 e. The van der Waals surface area contributed by atoms with Crippen LogP contribution in [0, 0.1) is 5.92 Å². The van der Waals surface area contributed by atoms with Crippen molar-refractivity contribution >= 4 is 0 Å². The van der Waals surface area contributed by atoms with E-state index in [1.165, 1.54) is 0 Å². The Bertz CT molecular complexity index is 99.5. The summed E-state index contributed by atoms with van der Waals surface area (Å²) in [6.07, 6.45) is 2.14. The molecule has 0 heterocycles. The van der Waals surface area contributed by atoms with Crippen molar-refractivity contribution in [3.63, 3.8) is 0 Å². The summed E-state index contributed by atoms with van der Waals surface area (Å²) in [6, 6.07) is 0.282. The molecule has 0 aliphatic rings. The van der Waals surface area contributed by atoms with Gasteiger partial charge in [-0.1, -0.05) is 26.7 Å². The third-order valence-corrected chi connectivity index (χ3v) is 2.65. The highest BCUT2D eigenvalue weighted by Crippen LogP contribution is 2.17. The lowest BCUT2D eigenvalue weighted by molar-refractivity contribution is -0.132. The van der Waals surface area contributed by atoms with Crippen molar-refractivity contribution in [1.29, 1.82) is 0 Å². The number of hydrogen-bond acceptors (Lipinski definition) is 3. The Hall–Kier alpha value is -0.120. The van der Waals surface area contributed by atoms with E-state index in [1.807, 2.05) is 7.05 Å². The van der Waals surface area contributed by atoms with E-state index in [2.05, 4.69) is 19.2 Å². The number of methoxy groups -OCH3 is 2. The lowest BCUT2D eigenvalue weighted by Crippen LogP contribution is -2.45. The molecule has 0 radical (unpaired) electrons. The van der Waals surface area contributed by atoms with Gasteiger partial charge in [0.15, 0.2) is 6.29 Å². The molecule has 1 unspecified atom stereocenters. The predicted molar refractivity (Wildman–Crippen MR) is 54.7 cm³/mol. The van der Waals surface area contributed by atoms with Crippen molar-refractivity contribution in [2.75, 3.05) is 21.3 Å². The van der Waals surface area contributed by atoms with Gasteiger partial charge >= 0.3 is 0 Å². The molecule has 0 spiro atoms. The molecule has 80 valence electrons. The van der Waals surface area contributed by atoms with Gasteiger partial charge in [-0.3, -0.25) is 0 Å². The van der Waals surface area contributed by atoms with Crippen LogP contribution >= 0.6 is 0 Å². The summed E-state index contributed by atoms with van der Waals surface area (Å²) in [4.78, 5) is 0. The minimum absolute atomic E-state index is 0.144. The highest BCUT2D eigenvalue weighted by molar-refractivity contribution is 4.76. The summed E-state index contributed by atoms with van der Waals surface area (Å²) >= 11 is 0. The summed E-state index contributed by atoms with van der Waals surface area (Å²) in [5.74, 6) is 0.606. The molecular weight excluding hydrogens is 166 g/mol. The zero-order valence-corrected chi connectivity index (χ0v) is 9.46. The fourth-order valence-corrected chi connectivity index (χ4v) is 1.78. The maximum atomic E-state index is 5.25. The average Bonchev–Trinajstić information content (AvgIpc) is 2.18. The van der Waals surface area contributed by atoms with E-state index in [0.29, 0.717) is 5.92 Å². The Kier molecular flexibility index (Phi) is 7.23. The Morgan fingerprint density at radius 1 is 1.08 bits per heavy atom. The molecule has 0 aromatic carbocycles. The van der Waals surface area contributed by atoms with Gasteiger partial charge in [-0.15, -0.1) is 0 Å². The van der Waals surface area contributed by atoms with E-state index in [-0.39, 0.29) is 12.3 Å². The van der Waals surface area contributed by atoms with Gasteiger partial charge in [0, 0.05) is 14.2 Å². The summed E-state index contributed by atoms with van der Waals surface area (Å²) < 4.78 is 10.5. The Labute approximate surface area is 81.8 Å². The zero-order valence-electron chi connectivity index (χ0n) is 9.46. The fraction of sp³-hybridized carbons (Fsp3) is 1.00. The molecule has 0 amide bonds. The van der Waals surface area contributed by atoms with Crippen LogP contribution in [0.4, 0.5) is 0 Å². The molecule has 3 nitrogen and oxygen atoms in total. The van der Waals surface area contributed by atoms with Crippen LogP contribution < -0.4 is 5.32 Å². The van der Waals surface area contributed by atoms with Crippen LogP contribution in [0.2, 0.25) is 0 Å². The fourth-order valence-electron chi connectivity index (χ4n) is 1.78. The second kappa shape index (κ2) is 7.30. The smallest absolute Gasteiger partial charge is 0.172 e. The first-order valence-corrected chi connectivity index (χ1v) is 4.97. The third-order valence-electron chi connectivity index (χ3n) is 2.65. The molecular formula is C10H23NO2. The van der Waals surface area contributed by atoms with E-state index in [1.54, 1.807) is 14.2 Å². The van der Waals surface area contributed by atoms with Crippen molar-refractivity contribution in [2.24, 2.45) is 5.92 Å². The molecule has 0 rings (SSSR count). The van der Waals surface area contributed by atoms with Gasteiger partial charge in [0.1, 0.15) is 0 Å². The van der Waals surface area contributed by atoms with Crippen LogP contribution in [0.3, 0.4) is 0 Å². The number of nitrogens with one attached hydrogen (secondary N) is 1. The molecule has 0 aliphatic heterocycles. The van der Waals surface area contributed by atoms with Gasteiger partial charge in [0.2, 0.25) is 0 Å². The van der Waals surface area contributed by atoms with Crippen LogP contribution in [-0.4, -0.2) is 33.6 Å². The molecule has 0 fully saturated rings. The summed E-state index contributed by atoms with van der Waals surface area (Å²) in [7, 11) is 5.32. The molecule has 1 atom stereocenters. The Balaban J connectivity index is 4.26. The summed E-state index contributed by atoms with van der Waals surface area (Å²) in [5, 5.41) is 3.26. The van der Waals surface area contributed by atoms with Crippen molar-refractivity contribution in [3.05, 3.63) is 0 Å². The van der Waals surface area contributed by atoms with Crippen LogP contribution in [0.15, 0.2) is 0 Å². The van der Waals surface area contributed by atoms with Crippen LogP contribution in [0.25, 0.3) is 0 Å². The predicted octanol–water partition coefficient (Wildman–Crippen LogP) is 1.63. The van der Waals surface area contributed by atoms with E-state index >= 15 is 0 Å². The van der Waals surface area contributed by atoms with Gasteiger partial charge in [-0.25, -0.2) is 0 Å². The monoisotopic (exact) mass is 189 g/mol. The third kappa shape index (κ3) is 3.63. The topological polar surface area (TPSA) is 30.5 Å². The molecule has 0 aromatic rings. The minimum atomic E-state index is -0.144. The highest BCUT2D eigenvalue weighted by atomic mass is 16.7. The van der Waals surface area contributed by atoms with Gasteiger partial charge < -0.3 is 14.8 Å². The van der Waals surface area contributed by atoms with Crippen molar-refractivity contribution in [3.8, 4) is 0 Å². The van der Waals surface area contributed by atoms with E-state index in [0.717, 1.165) is 12.8 Å². The first kappa shape index (κ1) is 12.9. The molecule has 0 saturated heterocycles. The summed E-state index contributed by atoms with van der Waals surface area (Å²) in [6.45, 7) is 4.39. The number of hydrogen-bond donors (Lipinski definition) is 1. The molecule has 1 N–H and O–H groups in total. The average molecular weight is 189 g/mol. The van der Waals surface area contributed by atoms with Gasteiger partial charge in [-0.2, -0.15) is 0 Å². The van der Waals surface area contributed by atoms with Crippen molar-refractivity contribution < 1.29 is 9.47 Å². The standard InChI is InChI=1S/C10H23NO2/c1-6-8(7-2)9(11-3)10(12-4)13-5/h8-11H,6-7H2,1-5H3. The van der Waals surface area contributed by atoms with Crippen LogP contribution in [0.1, 0.15) is 26.7 Å². The largest absolute Gasteiger partial charge is 0.354 e. The molecule has 0 aromatic heterocycles. The Morgan fingerprint density at radius 2 is 1.54 bits per heavy atom. The quantitative estimate of drug-likeness (QED) is 0.617. The molecule has 3 heteroatoms. The van der Waals surface area contributed by atoms with E-state index in [4.69, 9.17) is 9.47 Å². The van der Waals surface area contributed by atoms with Crippen LogP contribution in [0.5, 0.6) is 0 Å².